The molecule has 4 saturated carbocycles. The van der Waals surface area contributed by atoms with Crippen LogP contribution in [0.25, 0.3) is 6.20 Å². The van der Waals surface area contributed by atoms with E-state index in [1.165, 1.54) is 0 Å². The fraction of sp³-hybridized carbons (Fsp3) is 0.692. The number of hydrogen-bond acceptors (Lipinski definition) is 5. The zero-order valence-corrected chi connectivity index (χ0v) is 20.7. The van der Waals surface area contributed by atoms with Crippen molar-refractivity contribution in [1.82, 2.24) is 20.4 Å². The molecule has 1 amide bonds. The van der Waals surface area contributed by atoms with E-state index in [0.29, 0.717) is 29.2 Å². The molecule has 1 heterocycles. The van der Waals surface area contributed by atoms with Gasteiger partial charge in [-0.25, -0.2) is 4.68 Å². The largest absolute Gasteiger partial charge is 0.474 e. The molecule has 7 heteroatoms. The van der Waals surface area contributed by atoms with E-state index in [1.807, 2.05) is 46.9 Å². The molecule has 7 nitrogen and oxygen atoms in total. The Morgan fingerprint density at radius 2 is 2.03 bits per heavy atom. The van der Waals surface area contributed by atoms with Gasteiger partial charge in [0.1, 0.15) is 5.56 Å². The predicted molar refractivity (Wildman–Crippen MR) is 130 cm³/mol. The van der Waals surface area contributed by atoms with Crippen molar-refractivity contribution in [2.75, 3.05) is 6.61 Å². The van der Waals surface area contributed by atoms with Gasteiger partial charge in [0, 0.05) is 24.5 Å². The first kappa shape index (κ1) is 23.9. The normalized spacial score (nSPS) is 30.8. The van der Waals surface area contributed by atoms with Crippen LogP contribution in [0.4, 0.5) is 0 Å². The van der Waals surface area contributed by atoms with Crippen molar-refractivity contribution in [2.45, 2.75) is 84.4 Å². The van der Waals surface area contributed by atoms with Gasteiger partial charge in [-0.15, -0.1) is 0 Å². The minimum atomic E-state index is -0.321. The van der Waals surface area contributed by atoms with Gasteiger partial charge in [-0.05, 0) is 96.0 Å². The minimum absolute atomic E-state index is 0.0873. The average molecular weight is 457 g/mol. The van der Waals surface area contributed by atoms with E-state index in [0.717, 1.165) is 37.8 Å². The SMILES string of the molecule is C=C(C)NC(C)(C)/C=C/n1ncc(C(=O)N[C@H]2C3CC4CC2C[C@](CO)(C4)C3)c1OC(C)C. The van der Waals surface area contributed by atoms with Gasteiger partial charge in [-0.3, -0.25) is 4.79 Å². The molecule has 4 fully saturated rings. The van der Waals surface area contributed by atoms with E-state index >= 15 is 0 Å². The Hall–Kier alpha value is -2.28. The zero-order valence-electron chi connectivity index (χ0n) is 20.7. The Labute approximate surface area is 197 Å². The third-order valence-corrected chi connectivity index (χ3v) is 7.54. The molecule has 0 aromatic carbocycles. The number of aliphatic hydroxyl groups excluding tert-OH is 1. The molecule has 1 aromatic heterocycles. The number of nitrogens with one attached hydrogen (secondary N) is 2. The number of rotatable bonds is 9. The number of ether oxygens (including phenoxy) is 1. The maximum absolute atomic E-state index is 13.4. The molecule has 0 radical (unpaired) electrons. The lowest BCUT2D eigenvalue weighted by Crippen LogP contribution is -2.60. The summed E-state index contributed by atoms with van der Waals surface area (Å²) in [7, 11) is 0. The summed E-state index contributed by atoms with van der Waals surface area (Å²) >= 11 is 0. The van der Waals surface area contributed by atoms with Crippen molar-refractivity contribution in [1.29, 1.82) is 0 Å². The van der Waals surface area contributed by atoms with Gasteiger partial charge in [0.05, 0.1) is 17.8 Å². The molecule has 2 unspecified atom stereocenters. The summed E-state index contributed by atoms with van der Waals surface area (Å²) in [5.74, 6) is 1.93. The van der Waals surface area contributed by atoms with Crippen molar-refractivity contribution < 1.29 is 14.6 Å². The molecular formula is C26H40N4O3. The lowest BCUT2D eigenvalue weighted by molar-refractivity contribution is -0.0969. The van der Waals surface area contributed by atoms with Gasteiger partial charge in [-0.1, -0.05) is 6.58 Å². The number of nitrogens with zero attached hydrogens (tertiary/aromatic N) is 2. The summed E-state index contributed by atoms with van der Waals surface area (Å²) in [6.07, 6.45) is 10.8. The number of carbonyl (C=O) groups excluding carboxylic acids is 1. The van der Waals surface area contributed by atoms with Crippen LogP contribution in [0, 0.1) is 23.2 Å². The molecule has 182 valence electrons. The lowest BCUT2D eigenvalue weighted by atomic mass is 9.48. The maximum Gasteiger partial charge on any atom is 0.258 e. The lowest BCUT2D eigenvalue weighted by Gasteiger charge is -2.59. The molecule has 4 bridgehead atoms. The zero-order chi connectivity index (χ0) is 24.0. The van der Waals surface area contributed by atoms with Crippen LogP contribution in [0.1, 0.15) is 77.1 Å². The molecule has 2 atom stereocenters. The van der Waals surface area contributed by atoms with E-state index in [2.05, 4.69) is 22.3 Å². The van der Waals surface area contributed by atoms with E-state index in [-0.39, 0.29) is 35.6 Å². The molecule has 1 aromatic rings. The van der Waals surface area contributed by atoms with E-state index < -0.39 is 0 Å². The third kappa shape index (κ3) is 4.98. The summed E-state index contributed by atoms with van der Waals surface area (Å²) in [4.78, 5) is 13.4. The number of allylic oxidation sites excluding steroid dienone is 1. The standard InChI is InChI=1S/C26H40N4O3/c1-16(2)29-25(5,6)7-8-30-24(33-17(3)4)21(14-27-30)23(32)28-22-19-9-18-10-20(22)13-26(11-18,12-19)15-31/h7-8,14,17-20,22,29,31H,1,9-13,15H2,2-6H3,(H,28,32)/b8-7+/t18?,19?,20?,22-,26-. The number of aromatic nitrogens is 2. The van der Waals surface area contributed by atoms with Gasteiger partial charge in [-0.2, -0.15) is 5.10 Å². The van der Waals surface area contributed by atoms with E-state index in [4.69, 9.17) is 4.74 Å². The summed E-state index contributed by atoms with van der Waals surface area (Å²) < 4.78 is 7.68. The van der Waals surface area contributed by atoms with Crippen molar-refractivity contribution in [3.63, 3.8) is 0 Å². The van der Waals surface area contributed by atoms with Crippen LogP contribution in [0.5, 0.6) is 5.88 Å². The topological polar surface area (TPSA) is 88.4 Å². The maximum atomic E-state index is 13.4. The van der Waals surface area contributed by atoms with Gasteiger partial charge in [0.2, 0.25) is 5.88 Å². The number of carbonyl (C=O) groups is 1. The number of amides is 1. The first-order valence-electron chi connectivity index (χ1n) is 12.3. The highest BCUT2D eigenvalue weighted by Crippen LogP contribution is 2.59. The number of hydrogen-bond donors (Lipinski definition) is 3. The number of aliphatic hydroxyl groups is 1. The first-order chi connectivity index (χ1) is 15.5. The molecule has 5 rings (SSSR count). The van der Waals surface area contributed by atoms with Crippen LogP contribution in [-0.2, 0) is 0 Å². The molecular weight excluding hydrogens is 416 g/mol. The smallest absolute Gasteiger partial charge is 0.258 e. The van der Waals surface area contributed by atoms with Gasteiger partial charge in [0.25, 0.3) is 5.91 Å². The highest BCUT2D eigenvalue weighted by atomic mass is 16.5. The Bertz CT molecular complexity index is 916. The van der Waals surface area contributed by atoms with Crippen LogP contribution < -0.4 is 15.4 Å². The van der Waals surface area contributed by atoms with Crippen LogP contribution in [0.15, 0.2) is 24.5 Å². The average Bonchev–Trinajstić information content (AvgIpc) is 3.09. The fourth-order valence-electron chi connectivity index (χ4n) is 6.65. The summed E-state index contributed by atoms with van der Waals surface area (Å²) in [5, 5.41) is 21.1. The third-order valence-electron chi connectivity index (χ3n) is 7.54. The van der Waals surface area contributed by atoms with Gasteiger partial charge < -0.3 is 20.5 Å². The monoisotopic (exact) mass is 456 g/mol. The Kier molecular flexibility index (Phi) is 6.38. The fourth-order valence-corrected chi connectivity index (χ4v) is 6.65. The van der Waals surface area contributed by atoms with E-state index in [1.54, 1.807) is 10.9 Å². The van der Waals surface area contributed by atoms with Crippen molar-refractivity contribution >= 4 is 12.1 Å². The van der Waals surface area contributed by atoms with Crippen LogP contribution in [0.2, 0.25) is 0 Å². The Morgan fingerprint density at radius 1 is 1.36 bits per heavy atom. The molecule has 0 saturated heterocycles. The summed E-state index contributed by atoms with van der Waals surface area (Å²) in [5.41, 5.74) is 1.11. The second-order valence-corrected chi connectivity index (χ2v) is 11.5. The highest BCUT2D eigenvalue weighted by Gasteiger charge is 2.55. The summed E-state index contributed by atoms with van der Waals surface area (Å²) in [6.45, 7) is 14.1. The van der Waals surface area contributed by atoms with Crippen molar-refractivity contribution in [3.05, 3.63) is 30.1 Å². The Morgan fingerprint density at radius 3 is 2.61 bits per heavy atom. The van der Waals surface area contributed by atoms with Crippen LogP contribution in [0.3, 0.4) is 0 Å². The van der Waals surface area contributed by atoms with Crippen LogP contribution in [-0.4, -0.2) is 45.1 Å². The second kappa shape index (κ2) is 8.82. The van der Waals surface area contributed by atoms with E-state index in [9.17, 15) is 9.90 Å². The van der Waals surface area contributed by atoms with Gasteiger partial charge in [0.15, 0.2) is 0 Å². The Balaban J connectivity index is 1.53. The quantitative estimate of drug-likeness (QED) is 0.523. The van der Waals surface area contributed by atoms with Crippen molar-refractivity contribution in [3.8, 4) is 5.88 Å². The highest BCUT2D eigenvalue weighted by molar-refractivity contribution is 5.96. The molecule has 33 heavy (non-hydrogen) atoms. The first-order valence-corrected chi connectivity index (χ1v) is 12.3. The predicted octanol–water partition coefficient (Wildman–Crippen LogP) is 3.96. The molecule has 4 aliphatic rings. The molecule has 0 spiro atoms. The minimum Gasteiger partial charge on any atom is -0.474 e. The van der Waals surface area contributed by atoms with Gasteiger partial charge >= 0.3 is 0 Å². The second-order valence-electron chi connectivity index (χ2n) is 11.5. The molecule has 0 aliphatic heterocycles. The molecule has 3 N–H and O–H groups in total. The van der Waals surface area contributed by atoms with Crippen LogP contribution >= 0.6 is 0 Å². The van der Waals surface area contributed by atoms with Crippen molar-refractivity contribution in [2.24, 2.45) is 23.2 Å². The summed E-state index contributed by atoms with van der Waals surface area (Å²) in [6, 6.07) is 0.165. The molecule has 4 aliphatic carbocycles.